The Hall–Kier alpha value is -2.02. The van der Waals surface area contributed by atoms with Gasteiger partial charge in [-0.3, -0.25) is 0 Å². The lowest BCUT2D eigenvalue weighted by atomic mass is 9.89. The smallest absolute Gasteiger partial charge is 0.168 e. The molecule has 120 valence electrons. The molecule has 3 heterocycles. The average Bonchev–Trinajstić information content (AvgIpc) is 3.06. The lowest BCUT2D eigenvalue weighted by Crippen LogP contribution is -2.22. The van der Waals surface area contributed by atoms with Crippen LogP contribution in [0.25, 0.3) is 15.9 Å². The van der Waals surface area contributed by atoms with E-state index in [-0.39, 0.29) is 12.8 Å². The predicted molar refractivity (Wildman–Crippen MR) is 85.4 cm³/mol. The van der Waals surface area contributed by atoms with Gasteiger partial charge in [-0.15, -0.1) is 16.4 Å². The van der Waals surface area contributed by atoms with Crippen molar-refractivity contribution in [3.63, 3.8) is 0 Å². The van der Waals surface area contributed by atoms with Crippen LogP contribution in [0.5, 0.6) is 0 Å². The number of aliphatic carboxylic acids is 1. The van der Waals surface area contributed by atoms with Gasteiger partial charge in [-0.2, -0.15) is 4.52 Å². The van der Waals surface area contributed by atoms with Crippen LogP contribution in [0.1, 0.15) is 41.9 Å². The second-order valence-electron chi connectivity index (χ2n) is 6.33. The van der Waals surface area contributed by atoms with Crippen LogP contribution in [-0.2, 0) is 24.1 Å². The zero-order chi connectivity index (χ0) is 16.1. The van der Waals surface area contributed by atoms with Gasteiger partial charge >= 0.3 is 0 Å². The lowest BCUT2D eigenvalue weighted by Gasteiger charge is -2.17. The Kier molecular flexibility index (Phi) is 3.33. The number of fused-ring (bicyclic) bond motifs is 5. The molecule has 0 aliphatic heterocycles. The zero-order valence-corrected chi connectivity index (χ0v) is 13.9. The van der Waals surface area contributed by atoms with Crippen LogP contribution < -0.4 is 5.11 Å². The molecule has 1 atom stereocenters. The maximum absolute atomic E-state index is 10.7. The van der Waals surface area contributed by atoms with Crippen LogP contribution in [0.15, 0.2) is 0 Å². The largest absolute Gasteiger partial charge is 0.550 e. The van der Waals surface area contributed by atoms with Gasteiger partial charge in [0.15, 0.2) is 11.5 Å². The summed E-state index contributed by atoms with van der Waals surface area (Å²) in [6.45, 7) is 4.19. The number of carbonyl (C=O) groups is 1. The van der Waals surface area contributed by atoms with Crippen molar-refractivity contribution in [3.05, 3.63) is 22.1 Å². The number of rotatable bonds is 3. The number of carboxylic acid groups (broad SMARTS) is 1. The van der Waals surface area contributed by atoms with Crippen LogP contribution >= 0.6 is 11.3 Å². The first-order valence-electron chi connectivity index (χ1n) is 7.89. The number of carboxylic acids is 1. The molecule has 0 fully saturated rings. The third kappa shape index (κ3) is 2.39. The Balaban J connectivity index is 1.92. The molecule has 7 heteroatoms. The molecule has 23 heavy (non-hydrogen) atoms. The molecule has 0 amide bonds. The Labute approximate surface area is 137 Å². The summed E-state index contributed by atoms with van der Waals surface area (Å²) in [5.74, 6) is 0.912. The summed E-state index contributed by atoms with van der Waals surface area (Å²) < 4.78 is 1.75. The highest BCUT2D eigenvalue weighted by molar-refractivity contribution is 7.19. The quantitative estimate of drug-likeness (QED) is 0.726. The number of carbonyl (C=O) groups excluding carboxylic acids is 1. The molecular formula is C16H17N4O2S-. The van der Waals surface area contributed by atoms with E-state index in [1.165, 1.54) is 16.9 Å². The van der Waals surface area contributed by atoms with Crippen LogP contribution in [0.3, 0.4) is 0 Å². The first-order valence-corrected chi connectivity index (χ1v) is 8.71. The maximum atomic E-state index is 10.7. The molecule has 4 rings (SSSR count). The molecule has 6 nitrogen and oxygen atoms in total. The maximum Gasteiger partial charge on any atom is 0.168 e. The monoisotopic (exact) mass is 329 g/mol. The Morgan fingerprint density at radius 1 is 1.43 bits per heavy atom. The van der Waals surface area contributed by atoms with Gasteiger partial charge in [-0.25, -0.2) is 9.97 Å². The first kappa shape index (κ1) is 14.6. The minimum atomic E-state index is -1.08. The molecule has 1 aliphatic carbocycles. The molecule has 0 saturated heterocycles. The summed E-state index contributed by atoms with van der Waals surface area (Å²) in [6.07, 6.45) is 3.60. The fourth-order valence-corrected chi connectivity index (χ4v) is 4.57. The van der Waals surface area contributed by atoms with Gasteiger partial charge in [-0.05, 0) is 44.1 Å². The topological polar surface area (TPSA) is 83.2 Å². The summed E-state index contributed by atoms with van der Waals surface area (Å²) in [4.78, 5) is 22.4. The van der Waals surface area contributed by atoms with Gasteiger partial charge in [0.25, 0.3) is 0 Å². The minimum Gasteiger partial charge on any atom is -0.550 e. The summed E-state index contributed by atoms with van der Waals surface area (Å²) in [5.41, 5.74) is 2.17. The van der Waals surface area contributed by atoms with E-state index in [1.807, 2.05) is 6.92 Å². The Morgan fingerprint density at radius 3 is 3.04 bits per heavy atom. The van der Waals surface area contributed by atoms with E-state index in [4.69, 9.17) is 4.98 Å². The number of aryl methyl sites for hydroxylation is 3. The van der Waals surface area contributed by atoms with Gasteiger partial charge in [0.05, 0.1) is 5.39 Å². The van der Waals surface area contributed by atoms with Crippen molar-refractivity contribution in [2.24, 2.45) is 5.92 Å². The van der Waals surface area contributed by atoms with Crippen LogP contribution in [-0.4, -0.2) is 25.6 Å². The second-order valence-corrected chi connectivity index (χ2v) is 7.41. The number of nitrogens with zero attached hydrogens (tertiary/aromatic N) is 4. The van der Waals surface area contributed by atoms with Crippen molar-refractivity contribution < 1.29 is 9.90 Å². The van der Waals surface area contributed by atoms with E-state index in [0.717, 1.165) is 34.5 Å². The van der Waals surface area contributed by atoms with Gasteiger partial charge < -0.3 is 9.90 Å². The number of hydrogen-bond donors (Lipinski definition) is 0. The SMILES string of the molecule is Cc1nc2sc3c(c2c2nc(CCC(=O)[O-])nn12)C[C@@H](C)CC3. The number of thiophene rings is 1. The van der Waals surface area contributed by atoms with Crippen molar-refractivity contribution in [3.8, 4) is 0 Å². The molecular weight excluding hydrogens is 312 g/mol. The summed E-state index contributed by atoms with van der Waals surface area (Å²) in [7, 11) is 0. The third-order valence-corrected chi connectivity index (χ3v) is 5.67. The van der Waals surface area contributed by atoms with Crippen LogP contribution in [0.2, 0.25) is 0 Å². The second kappa shape index (κ2) is 5.26. The predicted octanol–water partition coefficient (Wildman–Crippen LogP) is 1.45. The zero-order valence-electron chi connectivity index (χ0n) is 13.1. The van der Waals surface area contributed by atoms with Crippen LogP contribution in [0.4, 0.5) is 0 Å². The van der Waals surface area contributed by atoms with Crippen molar-refractivity contribution in [1.82, 2.24) is 19.6 Å². The Morgan fingerprint density at radius 2 is 2.26 bits per heavy atom. The van der Waals surface area contributed by atoms with E-state index < -0.39 is 5.97 Å². The molecule has 0 radical (unpaired) electrons. The normalized spacial score (nSPS) is 17.7. The van der Waals surface area contributed by atoms with Crippen molar-refractivity contribution in [1.29, 1.82) is 0 Å². The molecule has 0 bridgehead atoms. The van der Waals surface area contributed by atoms with Gasteiger partial charge in [-0.1, -0.05) is 6.92 Å². The van der Waals surface area contributed by atoms with E-state index in [9.17, 15) is 9.90 Å². The van der Waals surface area contributed by atoms with Gasteiger partial charge in [0.1, 0.15) is 10.7 Å². The van der Waals surface area contributed by atoms with E-state index >= 15 is 0 Å². The molecule has 1 aliphatic rings. The van der Waals surface area contributed by atoms with Crippen molar-refractivity contribution in [2.75, 3.05) is 0 Å². The van der Waals surface area contributed by atoms with Crippen molar-refractivity contribution in [2.45, 2.75) is 46.0 Å². The minimum absolute atomic E-state index is 0.0642. The molecule has 3 aromatic rings. The molecule has 0 aromatic carbocycles. The number of hydrogen-bond acceptors (Lipinski definition) is 6. The fourth-order valence-electron chi connectivity index (χ4n) is 3.31. The standard InChI is InChI=1S/C16H18N4O2S/c1-8-3-4-11-10(7-8)14-15-18-12(5-6-13(21)22)19-20(15)9(2)17-16(14)23-11/h8H,3-7H2,1-2H3,(H,21,22)/p-1/t8-/m0/s1. The Bertz CT molecular complexity index is 927. The molecule has 0 spiro atoms. The number of aromatic nitrogens is 4. The molecule has 3 aromatic heterocycles. The third-order valence-electron chi connectivity index (χ3n) is 4.49. The fraction of sp³-hybridized carbons (Fsp3) is 0.500. The summed E-state index contributed by atoms with van der Waals surface area (Å²) in [5, 5.41) is 16.2. The van der Waals surface area contributed by atoms with E-state index in [2.05, 4.69) is 17.0 Å². The van der Waals surface area contributed by atoms with Crippen molar-refractivity contribution >= 4 is 33.2 Å². The summed E-state index contributed by atoms with van der Waals surface area (Å²) in [6, 6.07) is 0. The van der Waals surface area contributed by atoms with E-state index in [1.54, 1.807) is 15.9 Å². The molecule has 0 saturated carbocycles. The summed E-state index contributed by atoms with van der Waals surface area (Å²) >= 11 is 1.76. The highest BCUT2D eigenvalue weighted by Crippen LogP contribution is 2.38. The lowest BCUT2D eigenvalue weighted by molar-refractivity contribution is -0.305. The van der Waals surface area contributed by atoms with Crippen LogP contribution in [0, 0.1) is 12.8 Å². The van der Waals surface area contributed by atoms with Gasteiger partial charge in [0, 0.05) is 17.3 Å². The highest BCUT2D eigenvalue weighted by Gasteiger charge is 2.24. The first-order chi connectivity index (χ1) is 11.0. The van der Waals surface area contributed by atoms with E-state index in [0.29, 0.717) is 11.7 Å². The van der Waals surface area contributed by atoms with Gasteiger partial charge in [0.2, 0.25) is 0 Å². The highest BCUT2D eigenvalue weighted by atomic mass is 32.1. The molecule has 0 N–H and O–H groups in total. The average molecular weight is 329 g/mol. The molecule has 0 unspecified atom stereocenters.